The van der Waals surface area contributed by atoms with Crippen LogP contribution in [0.2, 0.25) is 0 Å². The number of carbonyl (C=O) groups excluding carboxylic acids is 1. The zero-order chi connectivity index (χ0) is 20.9. The first-order chi connectivity index (χ1) is 14.6. The molecule has 0 amide bonds. The van der Waals surface area contributed by atoms with Crippen LogP contribution in [0.4, 0.5) is 0 Å². The molecule has 0 unspecified atom stereocenters. The van der Waals surface area contributed by atoms with Crippen LogP contribution in [0.5, 0.6) is 0 Å². The van der Waals surface area contributed by atoms with E-state index in [9.17, 15) is 4.79 Å². The quantitative estimate of drug-likeness (QED) is 0.317. The van der Waals surface area contributed by atoms with Gasteiger partial charge in [0.25, 0.3) is 5.89 Å². The highest BCUT2D eigenvalue weighted by molar-refractivity contribution is 7.98. The molecule has 0 aliphatic heterocycles. The minimum Gasteiger partial charge on any atom is -0.452 e. The predicted molar refractivity (Wildman–Crippen MR) is 109 cm³/mol. The van der Waals surface area contributed by atoms with Gasteiger partial charge in [-0.1, -0.05) is 46.3 Å². The van der Waals surface area contributed by atoms with Gasteiger partial charge in [-0.15, -0.1) is 0 Å². The summed E-state index contributed by atoms with van der Waals surface area (Å²) in [6.07, 6.45) is 1.62. The van der Waals surface area contributed by atoms with Crippen LogP contribution in [-0.4, -0.2) is 26.3 Å². The summed E-state index contributed by atoms with van der Waals surface area (Å²) in [5, 5.41) is 8.47. The topological polar surface area (TPSA) is 104 Å². The molecular formula is C21H18N4O4S. The van der Waals surface area contributed by atoms with Gasteiger partial charge in [0.2, 0.25) is 5.82 Å². The molecule has 8 nitrogen and oxygen atoms in total. The van der Waals surface area contributed by atoms with Gasteiger partial charge in [-0.3, -0.25) is 0 Å². The van der Waals surface area contributed by atoms with E-state index in [1.54, 1.807) is 18.3 Å². The van der Waals surface area contributed by atoms with Crippen molar-refractivity contribution in [3.8, 4) is 11.4 Å². The average molecular weight is 422 g/mol. The Balaban J connectivity index is 1.40. The Hall–Kier alpha value is -3.46. The second-order valence-corrected chi connectivity index (χ2v) is 7.44. The lowest BCUT2D eigenvalue weighted by Crippen LogP contribution is -2.08. The average Bonchev–Trinajstić information content (AvgIpc) is 3.40. The molecule has 0 aliphatic carbocycles. The van der Waals surface area contributed by atoms with Crippen molar-refractivity contribution < 1.29 is 18.6 Å². The van der Waals surface area contributed by atoms with Crippen molar-refractivity contribution in [3.63, 3.8) is 0 Å². The summed E-state index contributed by atoms with van der Waals surface area (Å²) in [7, 11) is 0. The highest BCUT2D eigenvalue weighted by Gasteiger charge is 2.17. The largest absolute Gasteiger partial charge is 0.452 e. The van der Waals surface area contributed by atoms with E-state index in [2.05, 4.69) is 20.3 Å². The van der Waals surface area contributed by atoms with Gasteiger partial charge in [-0.2, -0.15) is 4.98 Å². The number of thioether (sulfide) groups is 1. The minimum absolute atomic E-state index is 0.126. The molecule has 0 N–H and O–H groups in total. The molecule has 9 heteroatoms. The van der Waals surface area contributed by atoms with Gasteiger partial charge < -0.3 is 13.8 Å². The summed E-state index contributed by atoms with van der Waals surface area (Å²) in [4.78, 5) is 21.2. The Morgan fingerprint density at radius 2 is 1.97 bits per heavy atom. The lowest BCUT2D eigenvalue weighted by molar-refractivity contribution is 0.0424. The number of nitrogens with zero attached hydrogens (tertiary/aromatic N) is 4. The lowest BCUT2D eigenvalue weighted by Gasteiger charge is -2.06. The third-order valence-electron chi connectivity index (χ3n) is 4.21. The number of aromatic nitrogens is 4. The van der Waals surface area contributed by atoms with Gasteiger partial charge in [0.15, 0.2) is 6.61 Å². The van der Waals surface area contributed by atoms with Gasteiger partial charge in [-0.05, 0) is 31.5 Å². The first kappa shape index (κ1) is 19.8. The normalized spacial score (nSPS) is 10.9. The molecule has 4 rings (SSSR count). The van der Waals surface area contributed by atoms with Crippen LogP contribution in [-0.2, 0) is 17.1 Å². The van der Waals surface area contributed by atoms with E-state index in [-0.39, 0.29) is 12.5 Å². The Bertz CT molecular complexity index is 1170. The molecule has 0 saturated heterocycles. The van der Waals surface area contributed by atoms with E-state index < -0.39 is 5.97 Å². The zero-order valence-corrected chi connectivity index (χ0v) is 17.2. The zero-order valence-electron chi connectivity index (χ0n) is 16.4. The van der Waals surface area contributed by atoms with Crippen molar-refractivity contribution in [1.29, 1.82) is 0 Å². The van der Waals surface area contributed by atoms with Gasteiger partial charge >= 0.3 is 5.97 Å². The number of rotatable bonds is 7. The molecule has 0 aliphatic rings. The summed E-state index contributed by atoms with van der Waals surface area (Å²) in [5.41, 5.74) is 3.03. The molecule has 152 valence electrons. The van der Waals surface area contributed by atoms with Crippen molar-refractivity contribution in [2.45, 2.75) is 31.2 Å². The monoisotopic (exact) mass is 422 g/mol. The molecule has 0 bridgehead atoms. The van der Waals surface area contributed by atoms with E-state index in [4.69, 9.17) is 13.8 Å². The van der Waals surface area contributed by atoms with Crippen LogP contribution >= 0.6 is 11.8 Å². The molecular weight excluding hydrogens is 404 g/mol. The van der Waals surface area contributed by atoms with E-state index in [0.29, 0.717) is 22.2 Å². The summed E-state index contributed by atoms with van der Waals surface area (Å²) in [6.45, 7) is 3.67. The number of aryl methyl sites for hydroxylation is 2. The molecule has 0 atom stereocenters. The van der Waals surface area contributed by atoms with Gasteiger partial charge in [0.05, 0.1) is 11.3 Å². The number of benzene rings is 1. The molecule has 0 saturated carbocycles. The van der Waals surface area contributed by atoms with Crippen molar-refractivity contribution in [2.75, 3.05) is 0 Å². The van der Waals surface area contributed by atoms with Gasteiger partial charge in [0.1, 0.15) is 10.8 Å². The van der Waals surface area contributed by atoms with Crippen LogP contribution in [0.3, 0.4) is 0 Å². The summed E-state index contributed by atoms with van der Waals surface area (Å²) < 4.78 is 15.6. The SMILES string of the molecule is Cc1cc(CSc2ncccc2C(=O)OCc2nc(-c3ccccc3C)no2)no1. The van der Waals surface area contributed by atoms with Crippen LogP contribution in [0.15, 0.2) is 62.7 Å². The standard InChI is InChI=1S/C21H18N4O4S/c1-13-6-3-4-7-16(13)19-23-18(29-25-19)11-27-21(26)17-8-5-9-22-20(17)30-12-15-10-14(2)28-24-15/h3-10H,11-12H2,1-2H3. The predicted octanol–water partition coefficient (Wildman–Crippen LogP) is 4.39. The second kappa shape index (κ2) is 8.91. The van der Waals surface area contributed by atoms with Crippen molar-refractivity contribution in [2.24, 2.45) is 0 Å². The fourth-order valence-electron chi connectivity index (χ4n) is 2.74. The highest BCUT2D eigenvalue weighted by atomic mass is 32.2. The molecule has 3 aromatic heterocycles. The van der Waals surface area contributed by atoms with E-state index >= 15 is 0 Å². The Labute approximate surface area is 176 Å². The Kier molecular flexibility index (Phi) is 5.89. The van der Waals surface area contributed by atoms with Crippen LogP contribution < -0.4 is 0 Å². The number of carbonyl (C=O) groups is 1. The fraction of sp³-hybridized carbons (Fsp3) is 0.190. The highest BCUT2D eigenvalue weighted by Crippen LogP contribution is 2.25. The summed E-state index contributed by atoms with van der Waals surface area (Å²) in [5.74, 6) is 1.42. The van der Waals surface area contributed by atoms with Crippen molar-refractivity contribution in [1.82, 2.24) is 20.3 Å². The van der Waals surface area contributed by atoms with Crippen LogP contribution in [0.25, 0.3) is 11.4 Å². The third kappa shape index (κ3) is 4.57. The maximum absolute atomic E-state index is 12.6. The summed E-state index contributed by atoms with van der Waals surface area (Å²) in [6, 6.07) is 12.9. The van der Waals surface area contributed by atoms with E-state index in [0.717, 1.165) is 22.6 Å². The minimum atomic E-state index is -0.516. The molecule has 3 heterocycles. The second-order valence-electron chi connectivity index (χ2n) is 6.48. The van der Waals surface area contributed by atoms with E-state index in [1.807, 2.05) is 44.2 Å². The smallest absolute Gasteiger partial charge is 0.341 e. The number of esters is 1. The molecule has 0 spiro atoms. The van der Waals surface area contributed by atoms with Gasteiger partial charge in [-0.25, -0.2) is 9.78 Å². The maximum Gasteiger partial charge on any atom is 0.341 e. The Morgan fingerprint density at radius 1 is 1.10 bits per heavy atom. The summed E-state index contributed by atoms with van der Waals surface area (Å²) >= 11 is 1.38. The Morgan fingerprint density at radius 3 is 2.77 bits per heavy atom. The molecule has 0 radical (unpaired) electrons. The first-order valence-electron chi connectivity index (χ1n) is 9.16. The van der Waals surface area contributed by atoms with Crippen molar-refractivity contribution >= 4 is 17.7 Å². The third-order valence-corrected chi connectivity index (χ3v) is 5.24. The fourth-order valence-corrected chi connectivity index (χ4v) is 3.60. The molecule has 30 heavy (non-hydrogen) atoms. The van der Waals surface area contributed by atoms with Crippen LogP contribution in [0, 0.1) is 13.8 Å². The first-order valence-corrected chi connectivity index (χ1v) is 10.1. The maximum atomic E-state index is 12.6. The van der Waals surface area contributed by atoms with Gasteiger partial charge in [0, 0.05) is 23.6 Å². The molecule has 4 aromatic rings. The van der Waals surface area contributed by atoms with Crippen LogP contribution in [0.1, 0.15) is 33.3 Å². The van der Waals surface area contributed by atoms with E-state index in [1.165, 1.54) is 11.8 Å². The number of pyridine rings is 1. The number of hydrogen-bond donors (Lipinski definition) is 0. The number of hydrogen-bond acceptors (Lipinski definition) is 9. The lowest BCUT2D eigenvalue weighted by atomic mass is 10.1. The molecule has 0 fully saturated rings. The van der Waals surface area contributed by atoms with Crippen molar-refractivity contribution in [3.05, 3.63) is 77.1 Å². The number of ether oxygens (including phenoxy) is 1. The molecule has 1 aromatic carbocycles.